The van der Waals surface area contributed by atoms with Crippen molar-refractivity contribution in [2.45, 2.75) is 6.61 Å². The van der Waals surface area contributed by atoms with Gasteiger partial charge in [-0.25, -0.2) is 0 Å². The average molecular weight is 377 g/mol. The quantitative estimate of drug-likeness (QED) is 0.458. The lowest BCUT2D eigenvalue weighted by molar-refractivity contribution is 0.104. The van der Waals surface area contributed by atoms with E-state index >= 15 is 0 Å². The van der Waals surface area contributed by atoms with Crippen molar-refractivity contribution in [3.8, 4) is 5.75 Å². The second-order valence-corrected chi connectivity index (χ2v) is 6.08. The lowest BCUT2D eigenvalue weighted by atomic mass is 10.2. The van der Waals surface area contributed by atoms with Crippen LogP contribution in [0.1, 0.15) is 21.9 Å². The maximum Gasteiger partial charge on any atom is 0.189 e. The largest absolute Gasteiger partial charge is 0.486 e. The molecule has 2 heterocycles. The van der Waals surface area contributed by atoms with E-state index in [4.69, 9.17) is 32.4 Å². The summed E-state index contributed by atoms with van der Waals surface area (Å²) in [7, 11) is 1.76. The van der Waals surface area contributed by atoms with Crippen LogP contribution >= 0.6 is 23.2 Å². The van der Waals surface area contributed by atoms with Crippen molar-refractivity contribution in [1.29, 1.82) is 0 Å². The third-order valence-corrected chi connectivity index (χ3v) is 4.08. The van der Waals surface area contributed by atoms with Crippen LogP contribution in [-0.4, -0.2) is 15.6 Å². The Morgan fingerprint density at radius 3 is 2.84 bits per heavy atom. The molecule has 0 saturated heterocycles. The molecule has 0 unspecified atom stereocenters. The number of benzene rings is 1. The monoisotopic (exact) mass is 376 g/mol. The zero-order valence-corrected chi connectivity index (χ0v) is 14.8. The van der Waals surface area contributed by atoms with Gasteiger partial charge in [-0.05, 0) is 36.4 Å². The highest BCUT2D eigenvalue weighted by Crippen LogP contribution is 2.27. The third kappa shape index (κ3) is 4.53. The van der Waals surface area contributed by atoms with Gasteiger partial charge in [-0.2, -0.15) is 5.10 Å². The number of nitrogens with zero attached hydrogens (tertiary/aromatic N) is 2. The summed E-state index contributed by atoms with van der Waals surface area (Å²) in [5.74, 6) is 1.64. The lowest BCUT2D eigenvalue weighted by Gasteiger charge is -2.05. The highest BCUT2D eigenvalue weighted by atomic mass is 35.5. The van der Waals surface area contributed by atoms with E-state index in [-0.39, 0.29) is 12.4 Å². The van der Waals surface area contributed by atoms with Gasteiger partial charge in [-0.3, -0.25) is 9.48 Å². The van der Waals surface area contributed by atoms with Gasteiger partial charge in [0.05, 0.1) is 21.8 Å². The SMILES string of the molecule is Cn1cc(C(=O)C=Cc2ccc(COc3ccc(Cl)c(Cl)c3)o2)cn1. The van der Waals surface area contributed by atoms with Gasteiger partial charge in [0.2, 0.25) is 0 Å². The lowest BCUT2D eigenvalue weighted by Crippen LogP contribution is -1.93. The van der Waals surface area contributed by atoms with Gasteiger partial charge in [0.1, 0.15) is 23.9 Å². The standard InChI is InChI=1S/C18H14Cl2N2O3/c1-22-10-12(9-21-22)18(23)7-5-13-2-3-15(25-13)11-24-14-4-6-16(19)17(20)8-14/h2-10H,11H2,1H3. The van der Waals surface area contributed by atoms with Gasteiger partial charge in [0, 0.05) is 19.3 Å². The van der Waals surface area contributed by atoms with Crippen LogP contribution in [0.15, 0.2) is 53.2 Å². The van der Waals surface area contributed by atoms with Gasteiger partial charge in [-0.15, -0.1) is 0 Å². The number of aryl methyl sites for hydroxylation is 1. The van der Waals surface area contributed by atoms with Crippen LogP contribution in [0.3, 0.4) is 0 Å². The molecule has 0 fully saturated rings. The number of rotatable bonds is 6. The second kappa shape index (κ2) is 7.59. The topological polar surface area (TPSA) is 57.3 Å². The fourth-order valence-corrected chi connectivity index (χ4v) is 2.37. The number of allylic oxidation sites excluding steroid dienone is 1. The van der Waals surface area contributed by atoms with Crippen LogP contribution in [0, 0.1) is 0 Å². The van der Waals surface area contributed by atoms with E-state index in [0.29, 0.717) is 32.9 Å². The Kier molecular flexibility index (Phi) is 5.26. The number of ketones is 1. The molecule has 0 saturated carbocycles. The molecule has 25 heavy (non-hydrogen) atoms. The molecule has 2 aromatic heterocycles. The summed E-state index contributed by atoms with van der Waals surface area (Å²) in [6, 6.07) is 8.58. The Balaban J connectivity index is 1.59. The van der Waals surface area contributed by atoms with E-state index in [1.165, 1.54) is 12.3 Å². The Morgan fingerprint density at radius 1 is 1.28 bits per heavy atom. The number of hydrogen-bond donors (Lipinski definition) is 0. The molecule has 7 heteroatoms. The molecular formula is C18H14Cl2N2O3. The van der Waals surface area contributed by atoms with E-state index in [1.807, 2.05) is 0 Å². The van der Waals surface area contributed by atoms with Crippen LogP contribution in [0.4, 0.5) is 0 Å². The highest BCUT2D eigenvalue weighted by molar-refractivity contribution is 6.42. The van der Waals surface area contributed by atoms with Crippen molar-refractivity contribution in [3.63, 3.8) is 0 Å². The summed E-state index contributed by atoms with van der Waals surface area (Å²) in [5.41, 5.74) is 0.522. The first kappa shape index (κ1) is 17.3. The minimum atomic E-state index is -0.141. The fraction of sp³-hybridized carbons (Fsp3) is 0.111. The van der Waals surface area contributed by atoms with Gasteiger partial charge in [-0.1, -0.05) is 23.2 Å². The van der Waals surface area contributed by atoms with E-state index in [2.05, 4.69) is 5.10 Å². The van der Waals surface area contributed by atoms with Crippen molar-refractivity contribution in [2.24, 2.45) is 7.05 Å². The summed E-state index contributed by atoms with van der Waals surface area (Å²) in [6.07, 6.45) is 6.23. The van der Waals surface area contributed by atoms with Gasteiger partial charge < -0.3 is 9.15 Å². The molecule has 1 aromatic carbocycles. The molecule has 0 radical (unpaired) electrons. The summed E-state index contributed by atoms with van der Waals surface area (Å²) in [5, 5.41) is 4.86. The van der Waals surface area contributed by atoms with Crippen LogP contribution in [0.25, 0.3) is 6.08 Å². The summed E-state index contributed by atoms with van der Waals surface area (Å²) < 4.78 is 12.8. The molecule has 0 N–H and O–H groups in total. The molecule has 0 amide bonds. The minimum Gasteiger partial charge on any atom is -0.486 e. The van der Waals surface area contributed by atoms with E-state index < -0.39 is 0 Å². The Morgan fingerprint density at radius 2 is 2.12 bits per heavy atom. The number of furan rings is 1. The van der Waals surface area contributed by atoms with Gasteiger partial charge in [0.25, 0.3) is 0 Å². The first-order chi connectivity index (χ1) is 12.0. The van der Waals surface area contributed by atoms with Crippen molar-refractivity contribution in [2.75, 3.05) is 0 Å². The Hall–Kier alpha value is -2.50. The van der Waals surface area contributed by atoms with Crippen LogP contribution in [0.5, 0.6) is 5.75 Å². The van der Waals surface area contributed by atoms with E-state index in [1.54, 1.807) is 54.3 Å². The number of carbonyl (C=O) groups excluding carboxylic acids is 1. The number of halogens is 2. The van der Waals surface area contributed by atoms with Crippen LogP contribution < -0.4 is 4.74 Å². The maximum absolute atomic E-state index is 12.0. The normalized spacial score (nSPS) is 11.2. The first-order valence-corrected chi connectivity index (χ1v) is 8.14. The average Bonchev–Trinajstić information content (AvgIpc) is 3.23. The Labute approximate surface area is 154 Å². The van der Waals surface area contributed by atoms with Crippen molar-refractivity contribution in [3.05, 3.63) is 75.9 Å². The van der Waals surface area contributed by atoms with Gasteiger partial charge >= 0.3 is 0 Å². The second-order valence-electron chi connectivity index (χ2n) is 5.27. The number of hydrogen-bond acceptors (Lipinski definition) is 4. The predicted octanol–water partition coefficient (Wildman–Crippen LogP) is 4.80. The number of ether oxygens (including phenoxy) is 1. The zero-order chi connectivity index (χ0) is 17.8. The van der Waals surface area contributed by atoms with Crippen LogP contribution in [0.2, 0.25) is 10.0 Å². The van der Waals surface area contributed by atoms with E-state index in [9.17, 15) is 4.79 Å². The molecule has 3 rings (SSSR count). The molecule has 0 aliphatic rings. The molecule has 0 bridgehead atoms. The predicted molar refractivity (Wildman–Crippen MR) is 96.1 cm³/mol. The zero-order valence-electron chi connectivity index (χ0n) is 13.3. The number of aromatic nitrogens is 2. The fourth-order valence-electron chi connectivity index (χ4n) is 2.09. The number of carbonyl (C=O) groups is 1. The minimum absolute atomic E-state index is 0.141. The smallest absolute Gasteiger partial charge is 0.189 e. The molecule has 128 valence electrons. The Bertz CT molecular complexity index is 928. The molecule has 5 nitrogen and oxygen atoms in total. The molecule has 0 aliphatic carbocycles. The summed E-state index contributed by atoms with van der Waals surface area (Å²) in [6.45, 7) is 0.238. The van der Waals surface area contributed by atoms with Crippen molar-refractivity contribution >= 4 is 35.1 Å². The molecule has 0 aliphatic heterocycles. The van der Waals surface area contributed by atoms with Crippen molar-refractivity contribution < 1.29 is 13.9 Å². The molecule has 3 aromatic rings. The first-order valence-electron chi connectivity index (χ1n) is 7.39. The molecule has 0 atom stereocenters. The summed E-state index contributed by atoms with van der Waals surface area (Å²) >= 11 is 11.8. The molecule has 0 spiro atoms. The highest BCUT2D eigenvalue weighted by Gasteiger charge is 2.06. The van der Waals surface area contributed by atoms with E-state index in [0.717, 1.165) is 0 Å². The van der Waals surface area contributed by atoms with Gasteiger partial charge in [0.15, 0.2) is 5.78 Å². The maximum atomic E-state index is 12.0. The third-order valence-electron chi connectivity index (χ3n) is 3.34. The molecular weight excluding hydrogens is 363 g/mol. The van der Waals surface area contributed by atoms with Crippen molar-refractivity contribution in [1.82, 2.24) is 9.78 Å². The van der Waals surface area contributed by atoms with Crippen LogP contribution in [-0.2, 0) is 13.7 Å². The summed E-state index contributed by atoms with van der Waals surface area (Å²) in [4.78, 5) is 12.0.